The number of anilines is 2. The van der Waals surface area contributed by atoms with Gasteiger partial charge in [-0.1, -0.05) is 0 Å². The summed E-state index contributed by atoms with van der Waals surface area (Å²) in [5.41, 5.74) is 0. The summed E-state index contributed by atoms with van der Waals surface area (Å²) < 4.78 is 20.5. The maximum absolute atomic E-state index is 5.13. The van der Waals surface area contributed by atoms with Crippen molar-refractivity contribution >= 4 is 11.9 Å². The summed E-state index contributed by atoms with van der Waals surface area (Å²) in [6.07, 6.45) is 0. The van der Waals surface area contributed by atoms with Gasteiger partial charge in [-0.25, -0.2) is 0 Å². The zero-order chi connectivity index (χ0) is 15.7. The highest BCUT2D eigenvalue weighted by molar-refractivity contribution is 5.38. The fraction of sp³-hybridized carbons (Fsp3) is 0.750. The Bertz CT molecular complexity index is 374. The van der Waals surface area contributed by atoms with Crippen LogP contribution in [0.4, 0.5) is 11.9 Å². The van der Waals surface area contributed by atoms with E-state index in [1.54, 1.807) is 45.2 Å². The molecule has 0 aliphatic rings. The van der Waals surface area contributed by atoms with Crippen LogP contribution in [-0.4, -0.2) is 70.3 Å². The molecule has 0 N–H and O–H groups in total. The number of hydrogen-bond donors (Lipinski definition) is 0. The molecule has 0 amide bonds. The van der Waals surface area contributed by atoms with Gasteiger partial charge in [-0.3, -0.25) is 9.80 Å². The van der Waals surface area contributed by atoms with Crippen LogP contribution in [0, 0.1) is 6.92 Å². The van der Waals surface area contributed by atoms with Crippen molar-refractivity contribution < 1.29 is 18.9 Å². The number of methoxy groups -OCH3 is 4. The van der Waals surface area contributed by atoms with Gasteiger partial charge in [0.1, 0.15) is 32.7 Å². The van der Waals surface area contributed by atoms with E-state index in [0.29, 0.717) is 44.6 Å². The third-order valence-electron chi connectivity index (χ3n) is 2.43. The molecular formula is C12H23N5O4. The molecule has 0 bridgehead atoms. The summed E-state index contributed by atoms with van der Waals surface area (Å²) in [6, 6.07) is 0. The van der Waals surface area contributed by atoms with Gasteiger partial charge in [0.2, 0.25) is 11.9 Å². The lowest BCUT2D eigenvalue weighted by atomic mass is 10.6. The largest absolute Gasteiger partial charge is 0.364 e. The number of ether oxygens (including phenoxy) is 4. The van der Waals surface area contributed by atoms with Gasteiger partial charge in [0.25, 0.3) is 0 Å². The molecule has 9 heteroatoms. The summed E-state index contributed by atoms with van der Waals surface area (Å²) in [7, 11) is 6.39. The van der Waals surface area contributed by atoms with Gasteiger partial charge in [0.15, 0.2) is 0 Å². The van der Waals surface area contributed by atoms with Crippen LogP contribution in [0.5, 0.6) is 0 Å². The minimum absolute atomic E-state index is 0.311. The molecule has 1 aromatic heterocycles. The number of aromatic nitrogens is 3. The predicted octanol–water partition coefficient (Wildman–Crippen LogP) is 0.208. The first-order chi connectivity index (χ1) is 10.2. The third-order valence-corrected chi connectivity index (χ3v) is 2.43. The van der Waals surface area contributed by atoms with Gasteiger partial charge in [-0.05, 0) is 6.92 Å². The molecule has 21 heavy (non-hydrogen) atoms. The first kappa shape index (κ1) is 17.5. The van der Waals surface area contributed by atoms with Gasteiger partial charge < -0.3 is 18.9 Å². The minimum atomic E-state index is 0.311. The monoisotopic (exact) mass is 301 g/mol. The maximum atomic E-state index is 5.13. The Hall–Kier alpha value is -1.55. The fourth-order valence-corrected chi connectivity index (χ4v) is 1.67. The average Bonchev–Trinajstić information content (AvgIpc) is 2.46. The van der Waals surface area contributed by atoms with Crippen LogP contribution < -0.4 is 9.80 Å². The highest BCUT2D eigenvalue weighted by atomic mass is 16.5. The Kier molecular flexibility index (Phi) is 7.83. The van der Waals surface area contributed by atoms with Crippen LogP contribution in [0.15, 0.2) is 0 Å². The first-order valence-electron chi connectivity index (χ1n) is 6.34. The summed E-state index contributed by atoms with van der Waals surface area (Å²) in [6.45, 7) is 3.04. The van der Waals surface area contributed by atoms with Crippen molar-refractivity contribution in [1.29, 1.82) is 0 Å². The lowest BCUT2D eigenvalue weighted by molar-refractivity contribution is 0.136. The molecule has 0 saturated heterocycles. The second-order valence-corrected chi connectivity index (χ2v) is 4.23. The molecule has 1 heterocycles. The number of aryl methyl sites for hydroxylation is 1. The maximum Gasteiger partial charge on any atom is 0.234 e. The molecule has 0 aliphatic carbocycles. The Morgan fingerprint density at radius 1 is 0.667 bits per heavy atom. The van der Waals surface area contributed by atoms with Gasteiger partial charge in [0.05, 0.1) is 0 Å². The zero-order valence-electron chi connectivity index (χ0n) is 13.2. The van der Waals surface area contributed by atoms with Gasteiger partial charge in [-0.2, -0.15) is 15.0 Å². The second kappa shape index (κ2) is 9.40. The molecule has 9 nitrogen and oxygen atoms in total. The summed E-state index contributed by atoms with van der Waals surface area (Å²) >= 11 is 0. The fourth-order valence-electron chi connectivity index (χ4n) is 1.67. The lowest BCUT2D eigenvalue weighted by Crippen LogP contribution is -2.33. The van der Waals surface area contributed by atoms with Crippen molar-refractivity contribution in [3.05, 3.63) is 5.82 Å². The summed E-state index contributed by atoms with van der Waals surface area (Å²) in [4.78, 5) is 16.5. The first-order valence-corrected chi connectivity index (χ1v) is 6.34. The molecule has 0 aliphatic heterocycles. The van der Waals surface area contributed by atoms with Crippen LogP contribution >= 0.6 is 0 Å². The van der Waals surface area contributed by atoms with Gasteiger partial charge >= 0.3 is 0 Å². The topological polar surface area (TPSA) is 82.1 Å². The molecule has 0 spiro atoms. The third kappa shape index (κ3) is 5.38. The van der Waals surface area contributed by atoms with Crippen LogP contribution in [0.1, 0.15) is 5.82 Å². The SMILES string of the molecule is COCN(COC)c1nc(C)nc(N(COC)COC)n1. The standard InChI is InChI=1S/C12H23N5O4/c1-10-13-11(16(6-18-2)7-19-3)15-12(14-10)17(8-20-4)9-21-5/h6-9H2,1-5H3. The zero-order valence-corrected chi connectivity index (χ0v) is 13.2. The minimum Gasteiger partial charge on any atom is -0.364 e. The molecule has 0 fully saturated rings. The normalized spacial score (nSPS) is 10.7. The van der Waals surface area contributed by atoms with Crippen molar-refractivity contribution in [2.24, 2.45) is 0 Å². The van der Waals surface area contributed by atoms with E-state index in [-0.39, 0.29) is 0 Å². The average molecular weight is 301 g/mol. The van der Waals surface area contributed by atoms with E-state index in [1.807, 2.05) is 0 Å². The van der Waals surface area contributed by atoms with Crippen LogP contribution in [-0.2, 0) is 18.9 Å². The van der Waals surface area contributed by atoms with Crippen LogP contribution in [0.2, 0.25) is 0 Å². The Balaban J connectivity index is 3.05. The number of hydrogen-bond acceptors (Lipinski definition) is 9. The molecule has 120 valence electrons. The molecule has 1 aromatic rings. The van der Waals surface area contributed by atoms with Crippen molar-refractivity contribution in [2.45, 2.75) is 6.92 Å². The van der Waals surface area contributed by atoms with E-state index in [2.05, 4.69) is 15.0 Å². The van der Waals surface area contributed by atoms with E-state index in [4.69, 9.17) is 18.9 Å². The smallest absolute Gasteiger partial charge is 0.234 e. The van der Waals surface area contributed by atoms with Crippen molar-refractivity contribution in [1.82, 2.24) is 15.0 Å². The number of rotatable bonds is 10. The molecule has 1 rings (SSSR count). The van der Waals surface area contributed by atoms with Crippen molar-refractivity contribution in [3.8, 4) is 0 Å². The number of nitrogens with zero attached hydrogens (tertiary/aromatic N) is 5. The van der Waals surface area contributed by atoms with Gasteiger partial charge in [-0.15, -0.1) is 0 Å². The summed E-state index contributed by atoms with van der Waals surface area (Å²) in [5.74, 6) is 1.53. The molecule has 0 unspecified atom stereocenters. The highest BCUT2D eigenvalue weighted by Gasteiger charge is 2.16. The second-order valence-electron chi connectivity index (χ2n) is 4.23. The molecule has 0 radical (unpaired) electrons. The Morgan fingerprint density at radius 3 is 1.29 bits per heavy atom. The lowest BCUT2D eigenvalue weighted by Gasteiger charge is -2.24. The molecule has 0 atom stereocenters. The van der Waals surface area contributed by atoms with Crippen LogP contribution in [0.3, 0.4) is 0 Å². The van der Waals surface area contributed by atoms with E-state index in [0.717, 1.165) is 0 Å². The van der Waals surface area contributed by atoms with Crippen molar-refractivity contribution in [2.75, 3.05) is 65.2 Å². The highest BCUT2D eigenvalue weighted by Crippen LogP contribution is 2.14. The van der Waals surface area contributed by atoms with Crippen LogP contribution in [0.25, 0.3) is 0 Å². The van der Waals surface area contributed by atoms with E-state index in [9.17, 15) is 0 Å². The Labute approximate surface area is 124 Å². The van der Waals surface area contributed by atoms with E-state index < -0.39 is 0 Å². The predicted molar refractivity (Wildman–Crippen MR) is 77.0 cm³/mol. The van der Waals surface area contributed by atoms with Crippen molar-refractivity contribution in [3.63, 3.8) is 0 Å². The summed E-state index contributed by atoms with van der Waals surface area (Å²) in [5, 5.41) is 0. The Morgan fingerprint density at radius 2 is 1.00 bits per heavy atom. The van der Waals surface area contributed by atoms with E-state index >= 15 is 0 Å². The quantitative estimate of drug-likeness (QED) is 0.563. The molecule has 0 aromatic carbocycles. The molecule has 0 saturated carbocycles. The van der Waals surface area contributed by atoms with Gasteiger partial charge in [0, 0.05) is 28.4 Å². The molecular weight excluding hydrogens is 278 g/mol. The van der Waals surface area contributed by atoms with E-state index in [1.165, 1.54) is 0 Å².